The average molecular weight is 422 g/mol. The van der Waals surface area contributed by atoms with Gasteiger partial charge in [0.15, 0.2) is 5.82 Å². The van der Waals surface area contributed by atoms with Crippen LogP contribution in [-0.2, 0) is 0 Å². The van der Waals surface area contributed by atoms with Crippen molar-refractivity contribution in [3.63, 3.8) is 0 Å². The van der Waals surface area contributed by atoms with E-state index in [1.807, 2.05) is 24.3 Å². The third-order valence-corrected chi connectivity index (χ3v) is 5.85. The first kappa shape index (κ1) is 19.5. The molecule has 0 bridgehead atoms. The third-order valence-electron chi connectivity index (χ3n) is 5.85. The number of nitrogens with one attached hydrogen (secondary N) is 2. The molecule has 162 valence electrons. The van der Waals surface area contributed by atoms with Crippen molar-refractivity contribution in [3.05, 3.63) is 42.4 Å². The molecule has 0 amide bonds. The Morgan fingerprint density at radius 3 is 2.42 bits per heavy atom. The van der Waals surface area contributed by atoms with E-state index in [1.165, 1.54) is 18.5 Å². The number of anilines is 4. The summed E-state index contributed by atoms with van der Waals surface area (Å²) in [6, 6.07) is 9.82. The highest BCUT2D eigenvalue weighted by Crippen LogP contribution is 2.40. The Bertz CT molecular complexity index is 1040. The molecular formula is C22H27N7O2. The molecule has 0 radical (unpaired) electrons. The summed E-state index contributed by atoms with van der Waals surface area (Å²) in [5.74, 6) is 4.81. The molecule has 2 aliphatic rings. The first-order valence-corrected chi connectivity index (χ1v) is 10.6. The average Bonchev–Trinajstić information content (AvgIpc) is 3.56. The van der Waals surface area contributed by atoms with Crippen molar-refractivity contribution in [2.24, 2.45) is 0 Å². The Morgan fingerprint density at radius 2 is 1.71 bits per heavy atom. The van der Waals surface area contributed by atoms with Crippen LogP contribution in [0.5, 0.6) is 11.5 Å². The van der Waals surface area contributed by atoms with Crippen LogP contribution in [0, 0.1) is 0 Å². The first-order valence-electron chi connectivity index (χ1n) is 10.6. The van der Waals surface area contributed by atoms with E-state index in [0.717, 1.165) is 55.1 Å². The maximum atomic E-state index is 5.47. The van der Waals surface area contributed by atoms with Crippen molar-refractivity contribution in [2.75, 3.05) is 55.5 Å². The molecule has 1 aliphatic carbocycles. The predicted molar refractivity (Wildman–Crippen MR) is 120 cm³/mol. The lowest BCUT2D eigenvalue weighted by molar-refractivity contribution is 0.395. The lowest BCUT2D eigenvalue weighted by atomic mass is 10.2. The number of hydrogen-bond acceptors (Lipinski definition) is 8. The molecule has 0 atom stereocenters. The molecular weight excluding hydrogens is 394 g/mol. The minimum Gasteiger partial charge on any atom is -0.497 e. The smallest absolute Gasteiger partial charge is 0.150 e. The van der Waals surface area contributed by atoms with Crippen molar-refractivity contribution in [1.29, 1.82) is 0 Å². The second kappa shape index (κ2) is 8.33. The van der Waals surface area contributed by atoms with Gasteiger partial charge in [-0.05, 0) is 25.0 Å². The SMILES string of the molecule is COc1ccc(Nc2cc(N3CCN(c4cc(C5CC5)[nH]n4)CC3)ncn2)c(OC)c1. The number of H-pyrrole nitrogens is 1. The van der Waals surface area contributed by atoms with E-state index in [9.17, 15) is 0 Å². The third kappa shape index (κ3) is 4.21. The van der Waals surface area contributed by atoms with Crippen LogP contribution in [0.2, 0.25) is 0 Å². The van der Waals surface area contributed by atoms with E-state index in [4.69, 9.17) is 9.47 Å². The number of benzene rings is 1. The molecule has 1 aromatic carbocycles. The molecule has 2 N–H and O–H groups in total. The number of hydrogen-bond donors (Lipinski definition) is 2. The summed E-state index contributed by atoms with van der Waals surface area (Å²) in [5, 5.41) is 11.0. The monoisotopic (exact) mass is 421 g/mol. The molecule has 0 unspecified atom stereocenters. The molecule has 2 fully saturated rings. The van der Waals surface area contributed by atoms with E-state index < -0.39 is 0 Å². The van der Waals surface area contributed by atoms with Gasteiger partial charge < -0.3 is 24.6 Å². The topological polar surface area (TPSA) is 91.4 Å². The lowest BCUT2D eigenvalue weighted by Gasteiger charge is -2.35. The van der Waals surface area contributed by atoms with E-state index in [2.05, 4.69) is 41.3 Å². The normalized spacial score (nSPS) is 16.3. The van der Waals surface area contributed by atoms with Crippen molar-refractivity contribution in [2.45, 2.75) is 18.8 Å². The van der Waals surface area contributed by atoms with Gasteiger partial charge in [0.25, 0.3) is 0 Å². The molecule has 1 aliphatic heterocycles. The van der Waals surface area contributed by atoms with Gasteiger partial charge in [0, 0.05) is 56.0 Å². The van der Waals surface area contributed by atoms with Crippen LogP contribution in [0.4, 0.5) is 23.1 Å². The van der Waals surface area contributed by atoms with Crippen LogP contribution in [0.3, 0.4) is 0 Å². The quantitative estimate of drug-likeness (QED) is 0.601. The molecule has 9 nitrogen and oxygen atoms in total. The maximum absolute atomic E-state index is 5.47. The zero-order chi connectivity index (χ0) is 21.2. The summed E-state index contributed by atoms with van der Waals surface area (Å²) in [5.41, 5.74) is 2.10. The summed E-state index contributed by atoms with van der Waals surface area (Å²) >= 11 is 0. The molecule has 1 saturated carbocycles. The van der Waals surface area contributed by atoms with Gasteiger partial charge in [-0.25, -0.2) is 9.97 Å². The van der Waals surface area contributed by atoms with E-state index in [1.54, 1.807) is 20.5 Å². The number of nitrogens with zero attached hydrogens (tertiary/aromatic N) is 5. The fraction of sp³-hybridized carbons (Fsp3) is 0.409. The fourth-order valence-corrected chi connectivity index (χ4v) is 3.88. The van der Waals surface area contributed by atoms with Gasteiger partial charge in [0.1, 0.15) is 29.5 Å². The summed E-state index contributed by atoms with van der Waals surface area (Å²) in [6.07, 6.45) is 4.15. The predicted octanol–water partition coefficient (Wildman–Crippen LogP) is 3.16. The second-order valence-electron chi connectivity index (χ2n) is 7.88. The lowest BCUT2D eigenvalue weighted by Crippen LogP contribution is -2.47. The van der Waals surface area contributed by atoms with Gasteiger partial charge in [0.05, 0.1) is 19.9 Å². The Morgan fingerprint density at radius 1 is 0.935 bits per heavy atom. The van der Waals surface area contributed by atoms with Crippen LogP contribution in [0.15, 0.2) is 36.7 Å². The van der Waals surface area contributed by atoms with Crippen molar-refractivity contribution in [1.82, 2.24) is 20.2 Å². The molecule has 1 saturated heterocycles. The van der Waals surface area contributed by atoms with Gasteiger partial charge in [-0.1, -0.05) is 0 Å². The highest BCUT2D eigenvalue weighted by atomic mass is 16.5. The van der Waals surface area contributed by atoms with E-state index in [0.29, 0.717) is 11.7 Å². The van der Waals surface area contributed by atoms with E-state index in [-0.39, 0.29) is 0 Å². The molecule has 5 rings (SSSR count). The summed E-state index contributed by atoms with van der Waals surface area (Å²) in [4.78, 5) is 13.5. The van der Waals surface area contributed by atoms with Crippen LogP contribution in [0.25, 0.3) is 0 Å². The van der Waals surface area contributed by atoms with Gasteiger partial charge in [-0.2, -0.15) is 5.10 Å². The maximum Gasteiger partial charge on any atom is 0.150 e. The highest BCUT2D eigenvalue weighted by molar-refractivity contribution is 5.67. The van der Waals surface area contributed by atoms with E-state index >= 15 is 0 Å². The van der Waals surface area contributed by atoms with Gasteiger partial charge in [-0.15, -0.1) is 0 Å². The number of methoxy groups -OCH3 is 2. The summed E-state index contributed by atoms with van der Waals surface area (Å²) in [6.45, 7) is 3.59. The molecule has 31 heavy (non-hydrogen) atoms. The molecule has 9 heteroatoms. The molecule has 2 aromatic heterocycles. The second-order valence-corrected chi connectivity index (χ2v) is 7.88. The van der Waals surface area contributed by atoms with Crippen LogP contribution in [0.1, 0.15) is 24.5 Å². The Balaban J connectivity index is 1.24. The minimum absolute atomic E-state index is 0.692. The van der Waals surface area contributed by atoms with Gasteiger partial charge in [0.2, 0.25) is 0 Å². The number of piperazine rings is 1. The number of aromatic nitrogens is 4. The van der Waals surface area contributed by atoms with Crippen molar-refractivity contribution >= 4 is 23.1 Å². The fourth-order valence-electron chi connectivity index (χ4n) is 3.88. The largest absolute Gasteiger partial charge is 0.497 e. The Hall–Kier alpha value is -3.49. The number of rotatable bonds is 7. The Kier molecular flexibility index (Phi) is 5.23. The Labute approximate surface area is 181 Å². The van der Waals surface area contributed by atoms with Crippen LogP contribution >= 0.6 is 0 Å². The number of aromatic amines is 1. The molecule has 0 spiro atoms. The minimum atomic E-state index is 0.692. The zero-order valence-electron chi connectivity index (χ0n) is 17.8. The zero-order valence-corrected chi connectivity index (χ0v) is 17.8. The van der Waals surface area contributed by atoms with Crippen molar-refractivity contribution in [3.8, 4) is 11.5 Å². The number of ether oxygens (including phenoxy) is 2. The highest BCUT2D eigenvalue weighted by Gasteiger charge is 2.27. The summed E-state index contributed by atoms with van der Waals surface area (Å²) in [7, 11) is 3.27. The van der Waals surface area contributed by atoms with Gasteiger partial charge in [-0.3, -0.25) is 5.10 Å². The van der Waals surface area contributed by atoms with Crippen LogP contribution < -0.4 is 24.6 Å². The summed E-state index contributed by atoms with van der Waals surface area (Å²) < 4.78 is 10.7. The van der Waals surface area contributed by atoms with Gasteiger partial charge >= 0.3 is 0 Å². The first-order chi connectivity index (χ1) is 15.2. The van der Waals surface area contributed by atoms with Crippen LogP contribution in [-0.4, -0.2) is 60.6 Å². The molecule has 3 heterocycles. The standard InChI is InChI=1S/C22H27N7O2/c1-30-16-5-6-17(19(11-16)31-2)25-20-13-21(24-14-23-20)28-7-9-29(10-8-28)22-12-18(26-27-22)15-3-4-15/h5-6,11-15H,3-4,7-10H2,1-2H3,(H,26,27)(H,23,24,25). The van der Waals surface area contributed by atoms with Crippen molar-refractivity contribution < 1.29 is 9.47 Å². The molecule has 3 aromatic rings.